The molecule has 0 bridgehead atoms. The van der Waals surface area contributed by atoms with Crippen LogP contribution in [0.4, 0.5) is 36.4 Å². The summed E-state index contributed by atoms with van der Waals surface area (Å²) in [6, 6.07) is 15.1. The Balaban J connectivity index is 1.94. The summed E-state index contributed by atoms with van der Waals surface area (Å²) >= 11 is 0. The van der Waals surface area contributed by atoms with Gasteiger partial charge in [-0.2, -0.15) is 31.6 Å². The van der Waals surface area contributed by atoms with Crippen LogP contribution in [0.5, 0.6) is 11.5 Å². The molecule has 0 amide bonds. The van der Waals surface area contributed by atoms with Crippen LogP contribution in [-0.2, 0) is 12.7 Å². The highest BCUT2D eigenvalue weighted by Gasteiger charge is 2.36. The lowest BCUT2D eigenvalue weighted by Crippen LogP contribution is -2.34. The van der Waals surface area contributed by atoms with Crippen molar-refractivity contribution in [1.29, 1.82) is 5.26 Å². The third-order valence-corrected chi connectivity index (χ3v) is 4.50. The second-order valence-corrected chi connectivity index (χ2v) is 6.99. The Bertz CT molecular complexity index is 1170. The van der Waals surface area contributed by atoms with Gasteiger partial charge >= 0.3 is 12.4 Å². The Hall–Kier alpha value is -3.74. The van der Waals surface area contributed by atoms with Crippen LogP contribution in [0.2, 0.25) is 0 Å². The molecule has 3 aromatic carbocycles. The monoisotopic (exact) mass is 468 g/mol. The second kappa shape index (κ2) is 9.40. The number of benzene rings is 3. The van der Waals surface area contributed by atoms with E-state index in [2.05, 4.69) is 0 Å². The average Bonchev–Trinajstić information content (AvgIpc) is 2.73. The maximum Gasteiger partial charge on any atom is 0.417 e. The van der Waals surface area contributed by atoms with Crippen molar-refractivity contribution >= 4 is 5.69 Å². The summed E-state index contributed by atoms with van der Waals surface area (Å²) < 4.78 is 98.7. The molecule has 3 rings (SSSR count). The van der Waals surface area contributed by atoms with Gasteiger partial charge in [0.2, 0.25) is 0 Å². The summed E-state index contributed by atoms with van der Waals surface area (Å²) in [4.78, 5) is 0.707. The fourth-order valence-electron chi connectivity index (χ4n) is 3.10. The lowest BCUT2D eigenvalue weighted by atomic mass is 10.1. The second-order valence-electron chi connectivity index (χ2n) is 6.99. The van der Waals surface area contributed by atoms with E-state index in [9.17, 15) is 30.7 Å². The lowest BCUT2D eigenvalue weighted by molar-refractivity contribution is -0.137. The van der Waals surface area contributed by atoms with E-state index in [1.165, 1.54) is 54.6 Å². The highest BCUT2D eigenvalue weighted by molar-refractivity contribution is 5.55. The quantitative estimate of drug-likeness (QED) is 0.363. The molecule has 0 unspecified atom stereocenters. The Labute approximate surface area is 184 Å². The number of hydrogen-bond acceptors (Lipinski definition) is 3. The average molecular weight is 468 g/mol. The Kier molecular flexibility index (Phi) is 6.81. The molecule has 0 saturated heterocycles. The standard InChI is InChI=1S/C23H15F7N2O/c24-20-6-1-2-7-21(20)33-18-5-3-4-15(10-18)13-32(14-22(25,26)27)17-9-8-16(12-31)19(11-17)23(28,29)30/h1-11H,13-14H2. The van der Waals surface area contributed by atoms with Crippen molar-refractivity contribution in [2.45, 2.75) is 18.9 Å². The van der Waals surface area contributed by atoms with Crippen LogP contribution in [0, 0.1) is 17.1 Å². The molecule has 0 N–H and O–H groups in total. The van der Waals surface area contributed by atoms with Crippen LogP contribution >= 0.6 is 0 Å². The zero-order chi connectivity index (χ0) is 24.2. The van der Waals surface area contributed by atoms with Crippen molar-refractivity contribution in [3.8, 4) is 17.6 Å². The molecule has 33 heavy (non-hydrogen) atoms. The van der Waals surface area contributed by atoms with Crippen LogP contribution in [0.1, 0.15) is 16.7 Å². The predicted octanol–water partition coefficient (Wildman–Crippen LogP) is 7.08. The van der Waals surface area contributed by atoms with Crippen molar-refractivity contribution in [1.82, 2.24) is 0 Å². The molecular weight excluding hydrogens is 453 g/mol. The largest absolute Gasteiger partial charge is 0.454 e. The normalized spacial score (nSPS) is 11.7. The molecule has 0 fully saturated rings. The number of anilines is 1. The summed E-state index contributed by atoms with van der Waals surface area (Å²) in [5, 5.41) is 8.92. The molecule has 0 atom stereocenters. The molecule has 0 heterocycles. The summed E-state index contributed by atoms with van der Waals surface area (Å²) in [7, 11) is 0. The minimum atomic E-state index is -4.92. The Morgan fingerprint density at radius 2 is 1.61 bits per heavy atom. The molecular formula is C23H15F7N2O. The lowest BCUT2D eigenvalue weighted by Gasteiger charge is -2.27. The Morgan fingerprint density at radius 3 is 2.24 bits per heavy atom. The number of para-hydroxylation sites is 1. The van der Waals surface area contributed by atoms with Crippen molar-refractivity contribution in [3.05, 3.63) is 89.2 Å². The van der Waals surface area contributed by atoms with Crippen LogP contribution in [0.15, 0.2) is 66.7 Å². The number of rotatable bonds is 6. The fourth-order valence-corrected chi connectivity index (χ4v) is 3.10. The van der Waals surface area contributed by atoms with E-state index in [0.29, 0.717) is 11.0 Å². The van der Waals surface area contributed by atoms with E-state index in [4.69, 9.17) is 10.00 Å². The maximum atomic E-state index is 13.8. The highest BCUT2D eigenvalue weighted by Crippen LogP contribution is 2.36. The minimum Gasteiger partial charge on any atom is -0.454 e. The van der Waals surface area contributed by atoms with Crippen LogP contribution in [0.3, 0.4) is 0 Å². The van der Waals surface area contributed by atoms with E-state index in [1.54, 1.807) is 0 Å². The molecule has 3 aromatic rings. The predicted molar refractivity (Wildman–Crippen MR) is 106 cm³/mol. The molecule has 0 saturated carbocycles. The summed E-state index contributed by atoms with van der Waals surface area (Å²) in [6.45, 7) is -1.95. The van der Waals surface area contributed by atoms with Gasteiger partial charge < -0.3 is 9.64 Å². The molecule has 172 valence electrons. The zero-order valence-corrected chi connectivity index (χ0v) is 16.7. The van der Waals surface area contributed by atoms with Gasteiger partial charge in [-0.3, -0.25) is 0 Å². The molecule has 0 radical (unpaired) electrons. The highest BCUT2D eigenvalue weighted by atomic mass is 19.4. The van der Waals surface area contributed by atoms with E-state index in [1.807, 2.05) is 0 Å². The first-order valence-corrected chi connectivity index (χ1v) is 9.40. The van der Waals surface area contributed by atoms with Gasteiger partial charge in [-0.05, 0) is 48.0 Å². The topological polar surface area (TPSA) is 36.3 Å². The van der Waals surface area contributed by atoms with Gasteiger partial charge in [-0.25, -0.2) is 4.39 Å². The molecule has 0 aliphatic rings. The maximum absolute atomic E-state index is 13.8. The number of nitrogens with zero attached hydrogens (tertiary/aromatic N) is 2. The molecule has 0 spiro atoms. The van der Waals surface area contributed by atoms with Crippen LogP contribution in [-0.4, -0.2) is 12.7 Å². The van der Waals surface area contributed by atoms with Gasteiger partial charge in [-0.1, -0.05) is 24.3 Å². The van der Waals surface area contributed by atoms with Crippen molar-refractivity contribution in [3.63, 3.8) is 0 Å². The third kappa shape index (κ3) is 6.38. The first-order valence-electron chi connectivity index (χ1n) is 9.40. The number of ether oxygens (including phenoxy) is 1. The minimum absolute atomic E-state index is 0.0938. The summed E-state index contributed by atoms with van der Waals surface area (Å²) in [6.07, 6.45) is -9.63. The molecule has 0 aliphatic carbocycles. The first kappa shape index (κ1) is 23.9. The van der Waals surface area contributed by atoms with Gasteiger partial charge in [0.05, 0.1) is 17.2 Å². The van der Waals surface area contributed by atoms with Gasteiger partial charge in [-0.15, -0.1) is 0 Å². The van der Waals surface area contributed by atoms with E-state index in [0.717, 1.165) is 12.1 Å². The van der Waals surface area contributed by atoms with Crippen molar-refractivity contribution in [2.24, 2.45) is 0 Å². The van der Waals surface area contributed by atoms with Gasteiger partial charge in [0.15, 0.2) is 11.6 Å². The summed E-state index contributed by atoms with van der Waals surface area (Å²) in [5.74, 6) is -0.594. The summed E-state index contributed by atoms with van der Waals surface area (Å²) in [5.41, 5.74) is -2.10. The van der Waals surface area contributed by atoms with E-state index in [-0.39, 0.29) is 22.7 Å². The Morgan fingerprint density at radius 1 is 0.879 bits per heavy atom. The number of nitriles is 1. The van der Waals surface area contributed by atoms with Crippen LogP contribution in [0.25, 0.3) is 0 Å². The van der Waals surface area contributed by atoms with Gasteiger partial charge in [0.25, 0.3) is 0 Å². The van der Waals surface area contributed by atoms with Gasteiger partial charge in [0, 0.05) is 12.2 Å². The molecule has 0 aromatic heterocycles. The van der Waals surface area contributed by atoms with Crippen LogP contribution < -0.4 is 9.64 Å². The SMILES string of the molecule is N#Cc1ccc(N(Cc2cccc(Oc3ccccc3F)c2)CC(F)(F)F)cc1C(F)(F)F. The van der Waals surface area contributed by atoms with E-state index < -0.39 is 42.4 Å². The molecule has 3 nitrogen and oxygen atoms in total. The van der Waals surface area contributed by atoms with Crippen molar-refractivity contribution < 1.29 is 35.5 Å². The van der Waals surface area contributed by atoms with Gasteiger partial charge in [0.1, 0.15) is 12.3 Å². The smallest absolute Gasteiger partial charge is 0.417 e. The number of hydrogen-bond donors (Lipinski definition) is 0. The fraction of sp³-hybridized carbons (Fsp3) is 0.174. The first-order chi connectivity index (χ1) is 15.5. The van der Waals surface area contributed by atoms with Crippen molar-refractivity contribution in [2.75, 3.05) is 11.4 Å². The number of halogens is 7. The third-order valence-electron chi connectivity index (χ3n) is 4.50. The zero-order valence-electron chi connectivity index (χ0n) is 16.7. The molecule has 0 aliphatic heterocycles. The number of alkyl halides is 6. The van der Waals surface area contributed by atoms with E-state index >= 15 is 0 Å². The molecule has 10 heteroatoms.